The van der Waals surface area contributed by atoms with Gasteiger partial charge in [-0.1, -0.05) is 42.8 Å². The van der Waals surface area contributed by atoms with E-state index in [1.54, 1.807) is 0 Å². The minimum atomic E-state index is 0.148. The summed E-state index contributed by atoms with van der Waals surface area (Å²) in [7, 11) is 0. The smallest absolute Gasteiger partial charge is 0.181 e. The molecule has 1 saturated carbocycles. The van der Waals surface area contributed by atoms with Gasteiger partial charge in [0.05, 0.1) is 6.54 Å². The molecule has 102 valence electrons. The first-order valence-electron chi connectivity index (χ1n) is 7.25. The molecule has 2 aromatic rings. The van der Waals surface area contributed by atoms with Crippen LogP contribution in [0.2, 0.25) is 0 Å². The number of para-hydroxylation sites is 1. The second-order valence-electron chi connectivity index (χ2n) is 5.40. The van der Waals surface area contributed by atoms with E-state index < -0.39 is 0 Å². The van der Waals surface area contributed by atoms with Gasteiger partial charge in [0.15, 0.2) is 5.78 Å². The molecule has 0 unspecified atom stereocenters. The van der Waals surface area contributed by atoms with Crippen LogP contribution in [0, 0.1) is 0 Å². The second kappa shape index (κ2) is 5.91. The van der Waals surface area contributed by atoms with E-state index in [9.17, 15) is 4.79 Å². The third-order valence-electron chi connectivity index (χ3n) is 4.01. The Kier molecular flexibility index (Phi) is 3.82. The van der Waals surface area contributed by atoms with Crippen LogP contribution in [-0.2, 0) is 0 Å². The molecule has 0 aliphatic heterocycles. The van der Waals surface area contributed by atoms with Gasteiger partial charge in [0, 0.05) is 11.3 Å². The van der Waals surface area contributed by atoms with Crippen molar-refractivity contribution in [2.45, 2.75) is 25.2 Å². The van der Waals surface area contributed by atoms with Crippen molar-refractivity contribution < 1.29 is 4.79 Å². The maximum Gasteiger partial charge on any atom is 0.181 e. The highest BCUT2D eigenvalue weighted by Crippen LogP contribution is 2.36. The van der Waals surface area contributed by atoms with Crippen molar-refractivity contribution in [3.8, 4) is 0 Å². The van der Waals surface area contributed by atoms with Crippen LogP contribution in [0.15, 0.2) is 54.6 Å². The molecule has 0 saturated heterocycles. The summed E-state index contributed by atoms with van der Waals surface area (Å²) in [5.74, 6) is 0.819. The molecule has 0 radical (unpaired) electrons. The first-order chi connectivity index (χ1) is 9.83. The van der Waals surface area contributed by atoms with Gasteiger partial charge in [0.2, 0.25) is 0 Å². The topological polar surface area (TPSA) is 29.1 Å². The van der Waals surface area contributed by atoms with Crippen molar-refractivity contribution in [3.05, 3.63) is 65.7 Å². The predicted octanol–water partition coefficient (Wildman–Crippen LogP) is 4.25. The van der Waals surface area contributed by atoms with Crippen molar-refractivity contribution in [2.24, 2.45) is 0 Å². The molecule has 1 fully saturated rings. The number of carbonyl (C=O) groups is 1. The van der Waals surface area contributed by atoms with Gasteiger partial charge in [-0.15, -0.1) is 0 Å². The summed E-state index contributed by atoms with van der Waals surface area (Å²) in [6, 6.07) is 18.0. The Bertz CT molecular complexity index is 587. The quantitative estimate of drug-likeness (QED) is 0.819. The molecule has 0 heterocycles. The van der Waals surface area contributed by atoms with Crippen LogP contribution < -0.4 is 5.32 Å². The highest BCUT2D eigenvalue weighted by atomic mass is 16.1. The lowest BCUT2D eigenvalue weighted by Gasteiger charge is -2.26. The number of ketones is 1. The standard InChI is InChI=1S/C18H19NO/c20-18(13-19-17-10-2-1-3-11-17)16-9-5-8-15(12-16)14-6-4-7-14/h1-3,5,8-12,14,19H,4,6-7,13H2. The van der Waals surface area contributed by atoms with Crippen LogP contribution in [-0.4, -0.2) is 12.3 Å². The molecule has 0 spiro atoms. The monoisotopic (exact) mass is 265 g/mol. The highest BCUT2D eigenvalue weighted by molar-refractivity contribution is 5.99. The largest absolute Gasteiger partial charge is 0.378 e. The van der Waals surface area contributed by atoms with Gasteiger partial charge < -0.3 is 5.32 Å². The van der Waals surface area contributed by atoms with Crippen molar-refractivity contribution in [3.63, 3.8) is 0 Å². The number of hydrogen-bond acceptors (Lipinski definition) is 2. The van der Waals surface area contributed by atoms with Gasteiger partial charge in [0.25, 0.3) is 0 Å². The molecule has 2 nitrogen and oxygen atoms in total. The zero-order valence-electron chi connectivity index (χ0n) is 11.5. The number of rotatable bonds is 5. The molecule has 0 atom stereocenters. The number of benzene rings is 2. The number of nitrogens with one attached hydrogen (secondary N) is 1. The molecule has 0 amide bonds. The summed E-state index contributed by atoms with van der Waals surface area (Å²) in [5, 5.41) is 3.17. The van der Waals surface area contributed by atoms with Gasteiger partial charge in [0.1, 0.15) is 0 Å². The van der Waals surface area contributed by atoms with Crippen molar-refractivity contribution in [2.75, 3.05) is 11.9 Å². The lowest BCUT2D eigenvalue weighted by atomic mass is 9.79. The van der Waals surface area contributed by atoms with Crippen molar-refractivity contribution in [1.82, 2.24) is 0 Å². The minimum Gasteiger partial charge on any atom is -0.378 e. The Balaban J connectivity index is 1.64. The van der Waals surface area contributed by atoms with E-state index in [1.165, 1.54) is 24.8 Å². The highest BCUT2D eigenvalue weighted by Gasteiger charge is 2.20. The molecule has 0 aromatic heterocycles. The first-order valence-corrected chi connectivity index (χ1v) is 7.25. The third-order valence-corrected chi connectivity index (χ3v) is 4.01. The van der Waals surface area contributed by atoms with Crippen LogP contribution in [0.3, 0.4) is 0 Å². The fourth-order valence-corrected chi connectivity index (χ4v) is 2.55. The molecule has 20 heavy (non-hydrogen) atoms. The number of Topliss-reactive ketones (excluding diaryl/α,β-unsaturated/α-hetero) is 1. The Morgan fingerprint density at radius 2 is 1.85 bits per heavy atom. The SMILES string of the molecule is O=C(CNc1ccccc1)c1cccc(C2CCC2)c1. The summed E-state index contributed by atoms with van der Waals surface area (Å²) < 4.78 is 0. The van der Waals surface area contributed by atoms with Crippen molar-refractivity contribution >= 4 is 11.5 Å². The fraction of sp³-hybridized carbons (Fsp3) is 0.278. The fourth-order valence-electron chi connectivity index (χ4n) is 2.55. The lowest BCUT2D eigenvalue weighted by Crippen LogP contribution is -2.15. The Labute approximate surface area is 119 Å². The van der Waals surface area contributed by atoms with Crippen molar-refractivity contribution in [1.29, 1.82) is 0 Å². The molecule has 1 N–H and O–H groups in total. The van der Waals surface area contributed by atoms with E-state index >= 15 is 0 Å². The lowest BCUT2D eigenvalue weighted by molar-refractivity contribution is 0.101. The normalized spacial score (nSPS) is 14.6. The Hall–Kier alpha value is -2.09. The summed E-state index contributed by atoms with van der Waals surface area (Å²) in [6.45, 7) is 0.345. The molecular weight excluding hydrogens is 246 g/mol. The molecule has 1 aliphatic carbocycles. The number of hydrogen-bond donors (Lipinski definition) is 1. The molecular formula is C18H19NO. The van der Waals surface area contributed by atoms with E-state index in [2.05, 4.69) is 17.4 Å². The first kappa shape index (κ1) is 12.9. The van der Waals surface area contributed by atoms with Crippen LogP contribution >= 0.6 is 0 Å². The summed E-state index contributed by atoms with van der Waals surface area (Å²) in [6.07, 6.45) is 3.85. The van der Waals surface area contributed by atoms with Gasteiger partial charge in [-0.05, 0) is 42.5 Å². The molecule has 3 rings (SSSR count). The van der Waals surface area contributed by atoms with Crippen LogP contribution in [0.4, 0.5) is 5.69 Å². The van der Waals surface area contributed by atoms with Crippen LogP contribution in [0.1, 0.15) is 41.1 Å². The van der Waals surface area contributed by atoms with Gasteiger partial charge in [-0.25, -0.2) is 0 Å². The summed E-state index contributed by atoms with van der Waals surface area (Å²) >= 11 is 0. The maximum absolute atomic E-state index is 12.2. The average molecular weight is 265 g/mol. The van der Waals surface area contributed by atoms with Gasteiger partial charge >= 0.3 is 0 Å². The van der Waals surface area contributed by atoms with Gasteiger partial charge in [-0.3, -0.25) is 4.79 Å². The Morgan fingerprint density at radius 1 is 1.05 bits per heavy atom. The minimum absolute atomic E-state index is 0.148. The number of anilines is 1. The summed E-state index contributed by atoms with van der Waals surface area (Å²) in [4.78, 5) is 12.2. The zero-order valence-corrected chi connectivity index (χ0v) is 11.5. The average Bonchev–Trinajstić information content (AvgIpc) is 2.44. The molecule has 0 bridgehead atoms. The zero-order chi connectivity index (χ0) is 13.8. The number of carbonyl (C=O) groups excluding carboxylic acids is 1. The van der Waals surface area contributed by atoms with E-state index in [0.29, 0.717) is 12.5 Å². The molecule has 2 heteroatoms. The summed E-state index contributed by atoms with van der Waals surface area (Å²) in [5.41, 5.74) is 3.12. The third kappa shape index (κ3) is 2.90. The van der Waals surface area contributed by atoms with Crippen LogP contribution in [0.25, 0.3) is 0 Å². The van der Waals surface area contributed by atoms with E-state index in [-0.39, 0.29) is 5.78 Å². The Morgan fingerprint density at radius 3 is 2.55 bits per heavy atom. The van der Waals surface area contributed by atoms with E-state index in [1.807, 2.05) is 42.5 Å². The van der Waals surface area contributed by atoms with Gasteiger partial charge in [-0.2, -0.15) is 0 Å². The predicted molar refractivity (Wildman–Crippen MR) is 82.3 cm³/mol. The van der Waals surface area contributed by atoms with Crippen LogP contribution in [0.5, 0.6) is 0 Å². The second-order valence-corrected chi connectivity index (χ2v) is 5.40. The molecule has 1 aliphatic rings. The van der Waals surface area contributed by atoms with E-state index in [4.69, 9.17) is 0 Å². The van der Waals surface area contributed by atoms with E-state index in [0.717, 1.165) is 11.3 Å². The molecule has 2 aromatic carbocycles. The maximum atomic E-state index is 12.2.